The Hall–Kier alpha value is -1.05. The van der Waals surface area contributed by atoms with Gasteiger partial charge >= 0.3 is 0 Å². The quantitative estimate of drug-likeness (QED) is 0.927. The van der Waals surface area contributed by atoms with Crippen LogP contribution in [0, 0.1) is 24.5 Å². The van der Waals surface area contributed by atoms with Crippen molar-refractivity contribution in [3.63, 3.8) is 0 Å². The summed E-state index contributed by atoms with van der Waals surface area (Å²) in [6, 6.07) is 1.53. The molecule has 0 aromatic heterocycles. The third-order valence-corrected chi connectivity index (χ3v) is 5.88. The summed E-state index contributed by atoms with van der Waals surface area (Å²) in [5.74, 6) is -1.61. The summed E-state index contributed by atoms with van der Waals surface area (Å²) < 4.78 is 53.8. The van der Waals surface area contributed by atoms with Crippen molar-refractivity contribution in [1.29, 1.82) is 0 Å². The van der Waals surface area contributed by atoms with E-state index in [0.29, 0.717) is 13.0 Å². The summed E-state index contributed by atoms with van der Waals surface area (Å²) >= 11 is 0. The molecule has 118 valence electrons. The smallest absolute Gasteiger partial charge is 0.246 e. The molecule has 0 spiro atoms. The van der Waals surface area contributed by atoms with E-state index in [1.54, 1.807) is 0 Å². The van der Waals surface area contributed by atoms with E-state index in [0.717, 1.165) is 18.6 Å². The topological polar surface area (TPSA) is 63.4 Å². The number of halogens is 2. The maximum absolute atomic E-state index is 13.9. The SMILES string of the molecule is Cc1cc(F)c(S(=O)(=O)N2CCCC(C(C)N)C2)cc1F. The Morgan fingerprint density at radius 3 is 2.62 bits per heavy atom. The van der Waals surface area contributed by atoms with E-state index in [9.17, 15) is 17.2 Å². The van der Waals surface area contributed by atoms with Gasteiger partial charge in [0.1, 0.15) is 16.5 Å². The Kier molecular flexibility index (Phi) is 4.65. The standard InChI is InChI=1S/C14H20F2N2O2S/c1-9-6-13(16)14(7-12(9)15)21(19,20)18-5-3-4-11(8-18)10(2)17/h6-7,10-11H,3-5,8,17H2,1-2H3. The Morgan fingerprint density at radius 1 is 1.33 bits per heavy atom. The fourth-order valence-electron chi connectivity index (χ4n) is 2.59. The molecule has 0 saturated carbocycles. The summed E-state index contributed by atoms with van der Waals surface area (Å²) in [6.45, 7) is 3.77. The van der Waals surface area contributed by atoms with Gasteiger partial charge in [0, 0.05) is 19.1 Å². The molecule has 1 aliphatic heterocycles. The van der Waals surface area contributed by atoms with E-state index >= 15 is 0 Å². The Balaban J connectivity index is 2.36. The van der Waals surface area contributed by atoms with Crippen LogP contribution in [-0.4, -0.2) is 31.9 Å². The van der Waals surface area contributed by atoms with Crippen LogP contribution in [0.2, 0.25) is 0 Å². The second-order valence-electron chi connectivity index (χ2n) is 5.66. The summed E-state index contributed by atoms with van der Waals surface area (Å²) in [4.78, 5) is -0.601. The largest absolute Gasteiger partial charge is 0.328 e. The van der Waals surface area contributed by atoms with Crippen LogP contribution in [0.4, 0.5) is 8.78 Å². The lowest BCUT2D eigenvalue weighted by Crippen LogP contribution is -2.45. The number of rotatable bonds is 3. The van der Waals surface area contributed by atoms with E-state index in [-0.39, 0.29) is 24.1 Å². The van der Waals surface area contributed by atoms with Crippen molar-refractivity contribution in [1.82, 2.24) is 4.31 Å². The third-order valence-electron chi connectivity index (χ3n) is 4.00. The van der Waals surface area contributed by atoms with Crippen molar-refractivity contribution < 1.29 is 17.2 Å². The highest BCUT2D eigenvalue weighted by atomic mass is 32.2. The number of nitrogens with zero attached hydrogens (tertiary/aromatic N) is 1. The Bertz CT molecular complexity index is 632. The molecular formula is C14H20F2N2O2S. The minimum absolute atomic E-state index is 0.0341. The first-order valence-corrected chi connectivity index (χ1v) is 8.39. The molecule has 0 aliphatic carbocycles. The third kappa shape index (κ3) is 3.25. The molecule has 0 amide bonds. The fraction of sp³-hybridized carbons (Fsp3) is 0.571. The number of piperidine rings is 1. The van der Waals surface area contributed by atoms with Crippen LogP contribution < -0.4 is 5.73 Å². The van der Waals surface area contributed by atoms with Gasteiger partial charge in [-0.1, -0.05) is 0 Å². The summed E-state index contributed by atoms with van der Waals surface area (Å²) in [6.07, 6.45) is 1.51. The molecule has 1 heterocycles. The van der Waals surface area contributed by atoms with Gasteiger partial charge in [-0.15, -0.1) is 0 Å². The first-order chi connectivity index (χ1) is 9.73. The highest BCUT2D eigenvalue weighted by Crippen LogP contribution is 2.27. The molecule has 4 nitrogen and oxygen atoms in total. The average molecular weight is 318 g/mol. The van der Waals surface area contributed by atoms with Gasteiger partial charge < -0.3 is 5.73 Å². The molecule has 1 fully saturated rings. The van der Waals surface area contributed by atoms with E-state index in [4.69, 9.17) is 5.73 Å². The molecular weight excluding hydrogens is 298 g/mol. The predicted octanol–water partition coefficient (Wildman–Crippen LogP) is 2.02. The molecule has 1 aromatic rings. The maximum atomic E-state index is 13.9. The molecule has 1 saturated heterocycles. The summed E-state index contributed by atoms with van der Waals surface area (Å²) in [7, 11) is -4.04. The lowest BCUT2D eigenvalue weighted by molar-refractivity contribution is 0.242. The van der Waals surface area contributed by atoms with E-state index in [1.165, 1.54) is 11.2 Å². The van der Waals surface area contributed by atoms with Crippen LogP contribution in [0.5, 0.6) is 0 Å². The summed E-state index contributed by atoms with van der Waals surface area (Å²) in [5, 5.41) is 0. The Morgan fingerprint density at radius 2 is 2.00 bits per heavy atom. The fourth-order valence-corrected chi connectivity index (χ4v) is 4.18. The zero-order valence-electron chi connectivity index (χ0n) is 12.1. The number of hydrogen-bond donors (Lipinski definition) is 1. The lowest BCUT2D eigenvalue weighted by Gasteiger charge is -2.33. The van der Waals surface area contributed by atoms with Crippen molar-refractivity contribution in [2.45, 2.75) is 37.6 Å². The van der Waals surface area contributed by atoms with Gasteiger partial charge in [0.15, 0.2) is 0 Å². The van der Waals surface area contributed by atoms with Gasteiger partial charge in [-0.25, -0.2) is 17.2 Å². The van der Waals surface area contributed by atoms with Gasteiger partial charge in [0.2, 0.25) is 10.0 Å². The molecule has 2 rings (SSSR count). The molecule has 7 heteroatoms. The van der Waals surface area contributed by atoms with E-state index < -0.39 is 26.6 Å². The first-order valence-electron chi connectivity index (χ1n) is 6.95. The number of aryl methyl sites for hydroxylation is 1. The van der Waals surface area contributed by atoms with E-state index in [2.05, 4.69) is 0 Å². The van der Waals surface area contributed by atoms with Crippen LogP contribution in [-0.2, 0) is 10.0 Å². The predicted molar refractivity (Wildman–Crippen MR) is 76.2 cm³/mol. The minimum atomic E-state index is -4.04. The number of sulfonamides is 1. The molecule has 2 N–H and O–H groups in total. The highest BCUT2D eigenvalue weighted by Gasteiger charge is 2.33. The van der Waals surface area contributed by atoms with Gasteiger partial charge in [-0.3, -0.25) is 0 Å². The second-order valence-corrected chi connectivity index (χ2v) is 7.56. The van der Waals surface area contributed by atoms with Crippen LogP contribution in [0.3, 0.4) is 0 Å². The van der Waals surface area contributed by atoms with Gasteiger partial charge in [0.25, 0.3) is 0 Å². The van der Waals surface area contributed by atoms with Gasteiger partial charge in [-0.2, -0.15) is 4.31 Å². The number of benzene rings is 1. The zero-order chi connectivity index (χ0) is 15.8. The first kappa shape index (κ1) is 16.3. The van der Waals surface area contributed by atoms with Gasteiger partial charge in [0.05, 0.1) is 0 Å². The minimum Gasteiger partial charge on any atom is -0.328 e. The maximum Gasteiger partial charge on any atom is 0.246 e. The molecule has 21 heavy (non-hydrogen) atoms. The monoisotopic (exact) mass is 318 g/mol. The van der Waals surface area contributed by atoms with Crippen molar-refractivity contribution in [3.8, 4) is 0 Å². The molecule has 1 aromatic carbocycles. The Labute approximate surface area is 124 Å². The second kappa shape index (κ2) is 5.98. The molecule has 1 aliphatic rings. The average Bonchev–Trinajstić information content (AvgIpc) is 2.42. The highest BCUT2D eigenvalue weighted by molar-refractivity contribution is 7.89. The molecule has 2 unspecified atom stereocenters. The molecule has 0 bridgehead atoms. The van der Waals surface area contributed by atoms with Gasteiger partial charge in [-0.05, 0) is 50.3 Å². The van der Waals surface area contributed by atoms with Crippen LogP contribution >= 0.6 is 0 Å². The van der Waals surface area contributed by atoms with Crippen LogP contribution in [0.25, 0.3) is 0 Å². The van der Waals surface area contributed by atoms with Crippen molar-refractivity contribution in [2.24, 2.45) is 11.7 Å². The lowest BCUT2D eigenvalue weighted by atomic mass is 9.93. The van der Waals surface area contributed by atoms with Crippen LogP contribution in [0.1, 0.15) is 25.3 Å². The van der Waals surface area contributed by atoms with E-state index in [1.807, 2.05) is 6.92 Å². The van der Waals surface area contributed by atoms with Crippen molar-refractivity contribution >= 4 is 10.0 Å². The zero-order valence-corrected chi connectivity index (χ0v) is 13.0. The molecule has 2 atom stereocenters. The van der Waals surface area contributed by atoms with Crippen molar-refractivity contribution in [2.75, 3.05) is 13.1 Å². The van der Waals surface area contributed by atoms with Crippen molar-refractivity contribution in [3.05, 3.63) is 29.3 Å². The number of hydrogen-bond acceptors (Lipinski definition) is 3. The number of nitrogens with two attached hydrogens (primary N) is 1. The molecule has 0 radical (unpaired) electrons. The van der Waals surface area contributed by atoms with Crippen LogP contribution in [0.15, 0.2) is 17.0 Å². The summed E-state index contributed by atoms with van der Waals surface area (Å²) in [5.41, 5.74) is 5.91. The normalized spacial score (nSPS) is 22.2.